The largest absolute Gasteiger partial charge is 0.146 e. The van der Waals surface area contributed by atoms with E-state index in [9.17, 15) is 4.48 Å². The van der Waals surface area contributed by atoms with Gasteiger partial charge in [-0.05, 0) is 37.5 Å². The van der Waals surface area contributed by atoms with Gasteiger partial charge >= 0.3 is 0 Å². The van der Waals surface area contributed by atoms with E-state index in [2.05, 4.69) is 0 Å². The molecule has 0 unspecified atom stereocenters. The van der Waals surface area contributed by atoms with Gasteiger partial charge in [-0.15, -0.1) is 9.60 Å². The first-order chi connectivity index (χ1) is 4.86. The quantitative estimate of drug-likeness (QED) is 0.507. The summed E-state index contributed by atoms with van der Waals surface area (Å²) in [6, 6.07) is 0. The van der Waals surface area contributed by atoms with Crippen LogP contribution in [0.5, 0.6) is 0 Å². The van der Waals surface area contributed by atoms with Gasteiger partial charge in [0.05, 0.1) is 0 Å². The maximum Gasteiger partial charge on any atom is 0.0293 e. The van der Waals surface area contributed by atoms with Crippen LogP contribution in [0.1, 0.15) is 25.7 Å². The number of hydrogen-bond donors (Lipinski definition) is 0. The van der Waals surface area contributed by atoms with E-state index in [4.69, 9.17) is 0 Å². The Kier molecular flexibility index (Phi) is 1.65. The molecule has 2 heteroatoms. The van der Waals surface area contributed by atoms with E-state index < -0.39 is 0 Å². The second-order valence-electron chi connectivity index (χ2n) is 3.58. The average molecular weight is 143 g/mol. The summed E-state index contributed by atoms with van der Waals surface area (Å²) in [6.45, 7) is 1.36. The first-order valence-corrected chi connectivity index (χ1v) is 4.27. The molecule has 0 aromatic carbocycles. The fourth-order valence-corrected chi connectivity index (χ4v) is 1.91. The van der Waals surface area contributed by atoms with E-state index in [1.165, 1.54) is 12.8 Å². The number of nitrogens with zero attached hydrogens (tertiary/aromatic N) is 1. The second kappa shape index (κ2) is 2.50. The van der Waals surface area contributed by atoms with Crippen molar-refractivity contribution in [3.8, 4) is 0 Å². The van der Waals surface area contributed by atoms with Gasteiger partial charge in [0.25, 0.3) is 0 Å². The van der Waals surface area contributed by atoms with Crippen molar-refractivity contribution in [1.29, 1.82) is 0 Å². The first kappa shape index (κ1) is 6.59. The molecular formula is C8H14FN. The zero-order valence-electron chi connectivity index (χ0n) is 6.22. The summed E-state index contributed by atoms with van der Waals surface area (Å²) in [4.78, 5) is 0. The second-order valence-corrected chi connectivity index (χ2v) is 3.58. The lowest BCUT2D eigenvalue weighted by molar-refractivity contribution is -0.0116. The topological polar surface area (TPSA) is 3.24 Å². The van der Waals surface area contributed by atoms with E-state index in [0.29, 0.717) is 13.1 Å². The van der Waals surface area contributed by atoms with Crippen LogP contribution < -0.4 is 0 Å². The van der Waals surface area contributed by atoms with Crippen molar-refractivity contribution in [2.75, 3.05) is 13.1 Å². The van der Waals surface area contributed by atoms with Crippen LogP contribution in [0.4, 0.5) is 4.48 Å². The van der Waals surface area contributed by atoms with Gasteiger partial charge in [-0.1, -0.05) is 0 Å². The third-order valence-electron chi connectivity index (χ3n) is 2.77. The Labute approximate surface area is 61.1 Å². The molecule has 10 heavy (non-hydrogen) atoms. The molecule has 1 heterocycles. The third-order valence-corrected chi connectivity index (χ3v) is 2.77. The average Bonchev–Trinajstić information content (AvgIpc) is 2.71. The SMILES string of the molecule is FN1CCC(C2CC2)CC1. The van der Waals surface area contributed by atoms with Crippen LogP contribution in [0.2, 0.25) is 0 Å². The van der Waals surface area contributed by atoms with Crippen LogP contribution in [0, 0.1) is 11.8 Å². The molecule has 0 atom stereocenters. The van der Waals surface area contributed by atoms with Gasteiger partial charge in [0.2, 0.25) is 0 Å². The van der Waals surface area contributed by atoms with Crippen molar-refractivity contribution in [3.63, 3.8) is 0 Å². The van der Waals surface area contributed by atoms with Crippen LogP contribution in [0.15, 0.2) is 0 Å². The first-order valence-electron chi connectivity index (χ1n) is 4.27. The maximum absolute atomic E-state index is 12.5. The molecule has 0 spiro atoms. The molecule has 0 N–H and O–H groups in total. The molecule has 1 nitrogen and oxygen atoms in total. The molecule has 1 aliphatic carbocycles. The maximum atomic E-state index is 12.5. The molecule has 1 saturated heterocycles. The minimum absolute atomic E-state index is 0.682. The molecule has 2 fully saturated rings. The smallest absolute Gasteiger partial charge is 0.0293 e. The molecule has 0 aromatic rings. The van der Waals surface area contributed by atoms with Crippen LogP contribution in [0.3, 0.4) is 0 Å². The van der Waals surface area contributed by atoms with Crippen LogP contribution >= 0.6 is 0 Å². The lowest BCUT2D eigenvalue weighted by Crippen LogP contribution is -2.27. The van der Waals surface area contributed by atoms with Crippen molar-refractivity contribution in [2.24, 2.45) is 11.8 Å². The summed E-state index contributed by atoms with van der Waals surface area (Å²) in [5, 5.41) is 0.957. The van der Waals surface area contributed by atoms with Gasteiger partial charge in [-0.2, -0.15) is 0 Å². The zero-order chi connectivity index (χ0) is 6.97. The Morgan fingerprint density at radius 2 is 1.40 bits per heavy atom. The predicted octanol–water partition coefficient (Wildman–Crippen LogP) is 1.99. The summed E-state index contributed by atoms with van der Waals surface area (Å²) in [5.41, 5.74) is 0. The highest BCUT2D eigenvalue weighted by Crippen LogP contribution is 2.41. The molecule has 0 amide bonds. The standard InChI is InChI=1S/C8H14FN/c9-10-5-3-8(4-6-10)7-1-2-7/h7-8H,1-6H2. The monoisotopic (exact) mass is 143 g/mol. The Bertz CT molecular complexity index is 114. The van der Waals surface area contributed by atoms with Gasteiger partial charge in [0.15, 0.2) is 0 Å². The van der Waals surface area contributed by atoms with Gasteiger partial charge in [-0.25, -0.2) is 0 Å². The molecule has 0 bridgehead atoms. The van der Waals surface area contributed by atoms with Crippen LogP contribution in [0.25, 0.3) is 0 Å². The third kappa shape index (κ3) is 1.31. The molecule has 0 aromatic heterocycles. The Hall–Kier alpha value is -0.110. The number of hydrogen-bond acceptors (Lipinski definition) is 1. The van der Waals surface area contributed by atoms with Crippen molar-refractivity contribution < 1.29 is 4.48 Å². The zero-order valence-corrected chi connectivity index (χ0v) is 6.22. The lowest BCUT2D eigenvalue weighted by Gasteiger charge is -2.25. The Balaban J connectivity index is 1.79. The van der Waals surface area contributed by atoms with E-state index in [1.807, 2.05) is 0 Å². The number of piperidine rings is 1. The van der Waals surface area contributed by atoms with E-state index in [1.54, 1.807) is 0 Å². The molecule has 2 aliphatic rings. The highest BCUT2D eigenvalue weighted by atomic mass is 19.2. The predicted molar refractivity (Wildman–Crippen MR) is 38.1 cm³/mol. The van der Waals surface area contributed by atoms with Gasteiger partial charge in [-0.3, -0.25) is 0 Å². The summed E-state index contributed by atoms with van der Waals surface area (Å²) < 4.78 is 12.5. The fraction of sp³-hybridized carbons (Fsp3) is 1.00. The van der Waals surface area contributed by atoms with Crippen LogP contribution in [-0.2, 0) is 0 Å². The van der Waals surface area contributed by atoms with E-state index in [0.717, 1.165) is 29.8 Å². The van der Waals surface area contributed by atoms with Crippen molar-refractivity contribution in [1.82, 2.24) is 5.12 Å². The minimum atomic E-state index is 0.682. The number of rotatable bonds is 1. The molecule has 1 saturated carbocycles. The Morgan fingerprint density at radius 1 is 0.900 bits per heavy atom. The molecular weight excluding hydrogens is 129 g/mol. The fourth-order valence-electron chi connectivity index (χ4n) is 1.91. The van der Waals surface area contributed by atoms with Crippen molar-refractivity contribution in [3.05, 3.63) is 0 Å². The van der Waals surface area contributed by atoms with Gasteiger partial charge in [0.1, 0.15) is 0 Å². The van der Waals surface area contributed by atoms with E-state index >= 15 is 0 Å². The van der Waals surface area contributed by atoms with Crippen molar-refractivity contribution in [2.45, 2.75) is 25.7 Å². The summed E-state index contributed by atoms with van der Waals surface area (Å²) in [5.74, 6) is 1.85. The summed E-state index contributed by atoms with van der Waals surface area (Å²) >= 11 is 0. The molecule has 58 valence electrons. The van der Waals surface area contributed by atoms with E-state index in [-0.39, 0.29) is 0 Å². The normalized spacial score (nSPS) is 30.9. The minimum Gasteiger partial charge on any atom is -0.146 e. The summed E-state index contributed by atoms with van der Waals surface area (Å²) in [7, 11) is 0. The molecule has 0 radical (unpaired) electrons. The number of halogens is 1. The van der Waals surface area contributed by atoms with Gasteiger partial charge in [0, 0.05) is 13.1 Å². The molecule has 2 rings (SSSR count). The van der Waals surface area contributed by atoms with Crippen molar-refractivity contribution >= 4 is 0 Å². The lowest BCUT2D eigenvalue weighted by atomic mass is 9.93. The highest BCUT2D eigenvalue weighted by molar-refractivity contribution is 4.83. The summed E-state index contributed by atoms with van der Waals surface area (Å²) in [6.07, 6.45) is 5.02. The Morgan fingerprint density at radius 3 is 1.90 bits per heavy atom. The molecule has 1 aliphatic heterocycles. The van der Waals surface area contributed by atoms with Crippen LogP contribution in [-0.4, -0.2) is 18.2 Å². The van der Waals surface area contributed by atoms with Gasteiger partial charge < -0.3 is 0 Å². The highest BCUT2D eigenvalue weighted by Gasteiger charge is 2.33.